The first-order valence-electron chi connectivity index (χ1n) is 14.7. The number of aliphatic imine (C=N–C) groups is 2. The second-order valence-corrected chi connectivity index (χ2v) is 12.1. The zero-order chi connectivity index (χ0) is 31.1. The van der Waals surface area contributed by atoms with Crippen LogP contribution in [0.2, 0.25) is 0 Å². The van der Waals surface area contributed by atoms with Crippen LogP contribution in [0.4, 0.5) is 13.2 Å². The Bertz CT molecular complexity index is 1530. The van der Waals surface area contributed by atoms with Gasteiger partial charge in [-0.1, -0.05) is 19.9 Å². The number of piperidine rings is 1. The van der Waals surface area contributed by atoms with Gasteiger partial charge in [0.15, 0.2) is 0 Å². The summed E-state index contributed by atoms with van der Waals surface area (Å²) in [5, 5.41) is 20.5. The Balaban J connectivity index is 1.09. The smallest absolute Gasteiger partial charge is 0.350 e. The van der Waals surface area contributed by atoms with Gasteiger partial charge in [-0.25, -0.2) is 15.0 Å². The minimum Gasteiger partial charge on any atom is -0.350 e. The van der Waals surface area contributed by atoms with Crippen molar-refractivity contribution in [1.82, 2.24) is 40.2 Å². The maximum absolute atomic E-state index is 13.5. The number of nitrogens with one attached hydrogen (secondary N) is 2. The van der Waals surface area contributed by atoms with Gasteiger partial charge < -0.3 is 15.5 Å². The van der Waals surface area contributed by atoms with Gasteiger partial charge in [-0.2, -0.15) is 23.5 Å². The van der Waals surface area contributed by atoms with E-state index in [1.165, 1.54) is 6.07 Å². The lowest BCUT2D eigenvalue weighted by Gasteiger charge is -2.53. The second kappa shape index (κ2) is 11.7. The number of alkyl halides is 3. The standard InChI is InChI=1S/C29H34F3N11O/c1-18(2)35-13-20-11-23(40-27(39-20)29(30,31)32)26(44)41-9-4-21(5-10-41)42-15-28(16-42,6-7-33)43-14-19(12-38-43)24-22-3-8-34-25(22)37-17-36-24/h3,8,11-12,14,17-18,21-22,24,35H,4-6,9-10,13,15-16H2,1-2H3,(H,34,36,37). The summed E-state index contributed by atoms with van der Waals surface area (Å²) in [6.45, 7) is 5.92. The van der Waals surface area contributed by atoms with Crippen LogP contribution in [0.1, 0.15) is 66.7 Å². The maximum Gasteiger partial charge on any atom is 0.451 e. The third-order valence-corrected chi connectivity index (χ3v) is 8.66. The molecule has 2 saturated heterocycles. The van der Waals surface area contributed by atoms with Gasteiger partial charge in [0.05, 0.1) is 36.3 Å². The Hall–Kier alpha value is -4.16. The number of nitriles is 1. The summed E-state index contributed by atoms with van der Waals surface area (Å²) in [7, 11) is 0. The third kappa shape index (κ3) is 5.83. The molecule has 2 atom stereocenters. The van der Waals surface area contributed by atoms with Gasteiger partial charge in [-0.15, -0.1) is 0 Å². The summed E-state index contributed by atoms with van der Waals surface area (Å²) in [4.78, 5) is 33.2. The number of halogens is 3. The summed E-state index contributed by atoms with van der Waals surface area (Å²) in [5.41, 5.74) is 0.364. The van der Waals surface area contributed by atoms with Crippen molar-refractivity contribution in [2.24, 2.45) is 15.9 Å². The van der Waals surface area contributed by atoms with Crippen molar-refractivity contribution >= 4 is 18.1 Å². The zero-order valence-electron chi connectivity index (χ0n) is 24.5. The van der Waals surface area contributed by atoms with Crippen molar-refractivity contribution in [2.75, 3.05) is 26.2 Å². The molecule has 0 spiro atoms. The van der Waals surface area contributed by atoms with E-state index in [-0.39, 0.29) is 42.0 Å². The third-order valence-electron chi connectivity index (χ3n) is 8.66. The van der Waals surface area contributed by atoms with Crippen LogP contribution in [0.5, 0.6) is 0 Å². The average Bonchev–Trinajstić information content (AvgIpc) is 3.67. The van der Waals surface area contributed by atoms with Crippen LogP contribution < -0.4 is 10.6 Å². The quantitative estimate of drug-likeness (QED) is 0.466. The lowest BCUT2D eigenvalue weighted by atomic mass is 9.83. The summed E-state index contributed by atoms with van der Waals surface area (Å²) in [6.07, 6.45) is 6.12. The van der Waals surface area contributed by atoms with Crippen molar-refractivity contribution in [1.29, 1.82) is 5.26 Å². The van der Waals surface area contributed by atoms with E-state index in [1.54, 1.807) is 11.2 Å². The maximum atomic E-state index is 13.5. The number of amides is 1. The Morgan fingerprint density at radius 2 is 2.02 bits per heavy atom. The van der Waals surface area contributed by atoms with E-state index in [1.807, 2.05) is 43.2 Å². The zero-order valence-corrected chi connectivity index (χ0v) is 24.5. The van der Waals surface area contributed by atoms with Gasteiger partial charge in [-0.3, -0.25) is 19.4 Å². The van der Waals surface area contributed by atoms with Gasteiger partial charge >= 0.3 is 6.18 Å². The average molecular weight is 610 g/mol. The molecule has 0 saturated carbocycles. The molecule has 44 heavy (non-hydrogen) atoms. The molecule has 0 aliphatic carbocycles. The first-order valence-corrected chi connectivity index (χ1v) is 14.7. The van der Waals surface area contributed by atoms with E-state index < -0.39 is 23.4 Å². The molecule has 12 nitrogen and oxygen atoms in total. The van der Waals surface area contributed by atoms with Crippen LogP contribution in [0.15, 0.2) is 40.7 Å². The molecule has 2 fully saturated rings. The number of fused-ring (bicyclic) bond motifs is 1. The Morgan fingerprint density at radius 1 is 1.25 bits per heavy atom. The molecule has 1 amide bonds. The Kier molecular flexibility index (Phi) is 7.97. The molecule has 4 aliphatic heterocycles. The predicted octanol–water partition coefficient (Wildman–Crippen LogP) is 2.63. The van der Waals surface area contributed by atoms with Crippen molar-refractivity contribution in [3.05, 3.63) is 53.5 Å². The summed E-state index contributed by atoms with van der Waals surface area (Å²) >= 11 is 0. The van der Waals surface area contributed by atoms with E-state index in [9.17, 15) is 23.2 Å². The van der Waals surface area contributed by atoms with Crippen molar-refractivity contribution in [2.45, 2.75) is 69.5 Å². The van der Waals surface area contributed by atoms with Crippen molar-refractivity contribution in [3.8, 4) is 6.07 Å². The number of amidine groups is 1. The van der Waals surface area contributed by atoms with Gasteiger partial charge in [-0.05, 0) is 25.1 Å². The summed E-state index contributed by atoms with van der Waals surface area (Å²) in [5.74, 6) is -0.955. The fraction of sp³-hybridized carbons (Fsp3) is 0.552. The van der Waals surface area contributed by atoms with E-state index in [2.05, 4.69) is 46.7 Å². The topological polar surface area (TPSA) is 140 Å². The molecule has 2 aromatic rings. The van der Waals surface area contributed by atoms with Crippen molar-refractivity contribution in [3.63, 3.8) is 0 Å². The number of rotatable bonds is 8. The molecule has 0 bridgehead atoms. The monoisotopic (exact) mass is 609 g/mol. The molecule has 4 aliphatic rings. The highest BCUT2D eigenvalue weighted by molar-refractivity contribution is 5.96. The number of carbonyl (C=O) groups excluding carboxylic acids is 1. The fourth-order valence-corrected chi connectivity index (χ4v) is 6.29. The molecular weight excluding hydrogens is 575 g/mol. The minimum absolute atomic E-state index is 0.0287. The first kappa shape index (κ1) is 29.9. The first-order chi connectivity index (χ1) is 21.1. The van der Waals surface area contributed by atoms with Crippen LogP contribution in [0.3, 0.4) is 0 Å². The van der Waals surface area contributed by atoms with Crippen LogP contribution in [-0.4, -0.2) is 85.9 Å². The highest BCUT2D eigenvalue weighted by atomic mass is 19.4. The number of hydrogen-bond acceptors (Lipinski definition) is 10. The molecule has 2 unspecified atom stereocenters. The number of carbonyl (C=O) groups is 1. The summed E-state index contributed by atoms with van der Waals surface area (Å²) in [6, 6.07) is 3.75. The highest BCUT2D eigenvalue weighted by Crippen LogP contribution is 2.38. The molecule has 2 N–H and O–H groups in total. The summed E-state index contributed by atoms with van der Waals surface area (Å²) < 4.78 is 42.4. The van der Waals surface area contributed by atoms with Crippen molar-refractivity contribution < 1.29 is 18.0 Å². The van der Waals surface area contributed by atoms with Gasteiger partial charge in [0.2, 0.25) is 5.82 Å². The number of aromatic nitrogens is 4. The molecule has 232 valence electrons. The highest BCUT2D eigenvalue weighted by Gasteiger charge is 2.48. The predicted molar refractivity (Wildman–Crippen MR) is 154 cm³/mol. The molecule has 6 heterocycles. The molecule has 15 heteroatoms. The Morgan fingerprint density at radius 3 is 2.73 bits per heavy atom. The largest absolute Gasteiger partial charge is 0.451 e. The molecular formula is C29H34F3N11O. The van der Waals surface area contributed by atoms with E-state index in [0.717, 1.165) is 11.4 Å². The Labute approximate surface area is 252 Å². The fourth-order valence-electron chi connectivity index (χ4n) is 6.29. The van der Waals surface area contributed by atoms with Gasteiger partial charge in [0.1, 0.15) is 23.4 Å². The van der Waals surface area contributed by atoms with Crippen LogP contribution in [0.25, 0.3) is 0 Å². The van der Waals surface area contributed by atoms with E-state index in [4.69, 9.17) is 0 Å². The SMILES string of the molecule is CC(C)NCc1cc(C(=O)N2CCC(N3CC(CC#N)(n4cc(C5N=CN=C6NC=CC65)cn4)C3)CC2)nc(C(F)(F)F)n1. The van der Waals surface area contributed by atoms with Crippen LogP contribution in [0, 0.1) is 17.2 Å². The lowest BCUT2D eigenvalue weighted by molar-refractivity contribution is -0.145. The minimum atomic E-state index is -4.76. The van der Waals surface area contributed by atoms with E-state index in [0.29, 0.717) is 45.4 Å². The molecule has 0 radical (unpaired) electrons. The number of hydrogen-bond donors (Lipinski definition) is 2. The van der Waals surface area contributed by atoms with Crippen LogP contribution >= 0.6 is 0 Å². The number of nitrogens with zero attached hydrogens (tertiary/aromatic N) is 9. The molecule has 6 rings (SSSR count). The molecule has 2 aromatic heterocycles. The second-order valence-electron chi connectivity index (χ2n) is 12.1. The normalized spacial score (nSPS) is 23.2. The van der Waals surface area contributed by atoms with E-state index >= 15 is 0 Å². The number of likely N-dealkylation sites (tertiary alicyclic amines) is 2. The van der Waals surface area contributed by atoms with Crippen LogP contribution in [-0.2, 0) is 18.3 Å². The van der Waals surface area contributed by atoms with Gasteiger partial charge in [0.25, 0.3) is 5.91 Å². The van der Waals surface area contributed by atoms with Gasteiger partial charge in [0, 0.05) is 56.6 Å². The lowest BCUT2D eigenvalue weighted by Crippen LogP contribution is -2.66. The molecule has 0 aromatic carbocycles.